The zero-order valence-electron chi connectivity index (χ0n) is 18.4. The van der Waals surface area contributed by atoms with Gasteiger partial charge in [-0.1, -0.05) is 47.7 Å². The SMILES string of the molecule is Cc1ccc(SCc2nnc(SCC(=O)Nc3ccc(Oc4ccccc4)cc3)n2C)cc1. The van der Waals surface area contributed by atoms with Crippen LogP contribution in [0.4, 0.5) is 5.69 Å². The van der Waals surface area contributed by atoms with Crippen LogP contribution in [0.3, 0.4) is 0 Å². The van der Waals surface area contributed by atoms with Crippen LogP contribution in [0.5, 0.6) is 11.5 Å². The van der Waals surface area contributed by atoms with Crippen LogP contribution in [0, 0.1) is 6.92 Å². The van der Waals surface area contributed by atoms with Gasteiger partial charge < -0.3 is 14.6 Å². The first kappa shape index (κ1) is 22.9. The molecular weight excluding hydrogens is 452 g/mol. The molecule has 0 saturated carbocycles. The lowest BCUT2D eigenvalue weighted by Crippen LogP contribution is -2.14. The Labute approximate surface area is 201 Å². The summed E-state index contributed by atoms with van der Waals surface area (Å²) in [6.45, 7) is 2.08. The van der Waals surface area contributed by atoms with Gasteiger partial charge in [-0.15, -0.1) is 22.0 Å². The molecule has 168 valence electrons. The number of benzene rings is 3. The number of aromatic nitrogens is 3. The number of para-hydroxylation sites is 1. The zero-order valence-corrected chi connectivity index (χ0v) is 20.0. The smallest absolute Gasteiger partial charge is 0.234 e. The van der Waals surface area contributed by atoms with E-state index in [1.54, 1.807) is 11.8 Å². The lowest BCUT2D eigenvalue weighted by molar-refractivity contribution is -0.113. The predicted molar refractivity (Wildman–Crippen MR) is 134 cm³/mol. The molecule has 0 spiro atoms. The molecule has 0 aliphatic carbocycles. The molecule has 0 bridgehead atoms. The van der Waals surface area contributed by atoms with Crippen LogP contribution in [-0.4, -0.2) is 26.4 Å². The Balaban J connectivity index is 1.25. The van der Waals surface area contributed by atoms with Crippen molar-refractivity contribution in [3.63, 3.8) is 0 Å². The van der Waals surface area contributed by atoms with Crippen molar-refractivity contribution in [3.05, 3.63) is 90.3 Å². The number of nitrogens with zero attached hydrogens (tertiary/aromatic N) is 3. The molecule has 0 fully saturated rings. The van der Waals surface area contributed by atoms with Gasteiger partial charge in [0, 0.05) is 17.6 Å². The number of thioether (sulfide) groups is 2. The van der Waals surface area contributed by atoms with Crippen molar-refractivity contribution < 1.29 is 9.53 Å². The minimum Gasteiger partial charge on any atom is -0.457 e. The van der Waals surface area contributed by atoms with Crippen LogP contribution in [-0.2, 0) is 17.6 Å². The summed E-state index contributed by atoms with van der Waals surface area (Å²) in [5.41, 5.74) is 1.96. The molecule has 0 aliphatic heterocycles. The molecule has 1 amide bonds. The van der Waals surface area contributed by atoms with Crippen LogP contribution in [0.25, 0.3) is 0 Å². The quantitative estimate of drug-likeness (QED) is 0.302. The number of hydrogen-bond acceptors (Lipinski definition) is 6. The molecule has 4 aromatic rings. The number of carbonyl (C=O) groups excluding carboxylic acids is 1. The maximum Gasteiger partial charge on any atom is 0.234 e. The number of aryl methyl sites for hydroxylation is 1. The molecule has 1 heterocycles. The van der Waals surface area contributed by atoms with Gasteiger partial charge in [0.1, 0.15) is 17.3 Å². The van der Waals surface area contributed by atoms with Gasteiger partial charge in [0.25, 0.3) is 0 Å². The fourth-order valence-corrected chi connectivity index (χ4v) is 4.54. The molecule has 1 aromatic heterocycles. The van der Waals surface area contributed by atoms with Crippen LogP contribution in [0.2, 0.25) is 0 Å². The fraction of sp³-hybridized carbons (Fsp3) is 0.160. The van der Waals surface area contributed by atoms with E-state index in [9.17, 15) is 4.79 Å². The van der Waals surface area contributed by atoms with Crippen LogP contribution in [0.15, 0.2) is 88.9 Å². The van der Waals surface area contributed by atoms with E-state index in [2.05, 4.69) is 46.7 Å². The van der Waals surface area contributed by atoms with Crippen molar-refractivity contribution in [1.29, 1.82) is 0 Å². The second-order valence-electron chi connectivity index (χ2n) is 7.34. The molecule has 0 atom stereocenters. The van der Waals surface area contributed by atoms with Crippen molar-refractivity contribution >= 4 is 35.1 Å². The summed E-state index contributed by atoms with van der Waals surface area (Å²) in [7, 11) is 1.93. The predicted octanol–water partition coefficient (Wildman–Crippen LogP) is 5.94. The van der Waals surface area contributed by atoms with Crippen molar-refractivity contribution in [2.75, 3.05) is 11.1 Å². The summed E-state index contributed by atoms with van der Waals surface area (Å²) < 4.78 is 7.72. The van der Waals surface area contributed by atoms with Crippen molar-refractivity contribution in [1.82, 2.24) is 14.8 Å². The highest BCUT2D eigenvalue weighted by atomic mass is 32.2. The van der Waals surface area contributed by atoms with E-state index < -0.39 is 0 Å². The molecule has 4 rings (SSSR count). The number of hydrogen-bond donors (Lipinski definition) is 1. The number of rotatable bonds is 9. The second-order valence-corrected chi connectivity index (χ2v) is 9.33. The third-order valence-corrected chi connectivity index (χ3v) is 6.79. The monoisotopic (exact) mass is 476 g/mol. The highest BCUT2D eigenvalue weighted by molar-refractivity contribution is 7.99. The summed E-state index contributed by atoms with van der Waals surface area (Å²) >= 11 is 3.08. The van der Waals surface area contributed by atoms with Crippen LogP contribution >= 0.6 is 23.5 Å². The van der Waals surface area contributed by atoms with E-state index in [1.807, 2.05) is 66.2 Å². The van der Waals surface area contributed by atoms with Gasteiger partial charge in [-0.05, 0) is 55.5 Å². The second kappa shape index (κ2) is 11.1. The van der Waals surface area contributed by atoms with Gasteiger partial charge in [-0.2, -0.15) is 0 Å². The molecule has 3 aromatic carbocycles. The average molecular weight is 477 g/mol. The number of ether oxygens (including phenoxy) is 1. The normalized spacial score (nSPS) is 10.7. The van der Waals surface area contributed by atoms with Crippen molar-refractivity contribution in [2.45, 2.75) is 22.7 Å². The molecule has 0 radical (unpaired) electrons. The Hall–Kier alpha value is -3.23. The summed E-state index contributed by atoms with van der Waals surface area (Å²) in [5.74, 6) is 3.22. The number of carbonyl (C=O) groups is 1. The van der Waals surface area contributed by atoms with Gasteiger partial charge in [0.15, 0.2) is 5.16 Å². The third-order valence-electron chi connectivity index (χ3n) is 4.76. The number of anilines is 1. The first-order chi connectivity index (χ1) is 16.1. The van der Waals surface area contributed by atoms with Gasteiger partial charge in [0.05, 0.1) is 11.5 Å². The van der Waals surface area contributed by atoms with Crippen LogP contribution in [0.1, 0.15) is 11.4 Å². The Kier molecular flexibility index (Phi) is 7.70. The maximum atomic E-state index is 12.4. The Morgan fingerprint density at radius 2 is 1.61 bits per heavy atom. The van der Waals surface area contributed by atoms with E-state index in [0.717, 1.165) is 22.5 Å². The highest BCUT2D eigenvalue weighted by Crippen LogP contribution is 2.25. The molecule has 6 nitrogen and oxygen atoms in total. The first-order valence-electron chi connectivity index (χ1n) is 10.4. The largest absolute Gasteiger partial charge is 0.457 e. The van der Waals surface area contributed by atoms with Crippen LogP contribution < -0.4 is 10.1 Å². The molecule has 0 unspecified atom stereocenters. The molecular formula is C25H24N4O2S2. The zero-order chi connectivity index (χ0) is 23.0. The summed E-state index contributed by atoms with van der Waals surface area (Å²) in [4.78, 5) is 13.6. The topological polar surface area (TPSA) is 69.0 Å². The fourth-order valence-electron chi connectivity index (χ4n) is 2.94. The molecule has 0 saturated heterocycles. The van der Waals surface area contributed by atoms with E-state index in [4.69, 9.17) is 4.74 Å². The minimum absolute atomic E-state index is 0.102. The first-order valence-corrected chi connectivity index (χ1v) is 12.4. The maximum absolute atomic E-state index is 12.4. The molecule has 1 N–H and O–H groups in total. The lowest BCUT2D eigenvalue weighted by atomic mass is 10.2. The van der Waals surface area contributed by atoms with E-state index in [0.29, 0.717) is 11.4 Å². The standard InChI is InChI=1S/C25H24N4O2S2/c1-18-8-14-22(15-9-18)32-16-23-27-28-25(29(23)2)33-17-24(30)26-19-10-12-21(13-11-19)31-20-6-4-3-5-7-20/h3-15H,16-17H2,1-2H3,(H,26,30). The minimum atomic E-state index is -0.102. The highest BCUT2D eigenvalue weighted by Gasteiger charge is 2.12. The molecule has 8 heteroatoms. The Bertz CT molecular complexity index is 1190. The van der Waals surface area contributed by atoms with Gasteiger partial charge in [0.2, 0.25) is 5.91 Å². The van der Waals surface area contributed by atoms with Gasteiger partial charge in [-0.3, -0.25) is 4.79 Å². The van der Waals surface area contributed by atoms with E-state index in [-0.39, 0.29) is 11.7 Å². The van der Waals surface area contributed by atoms with E-state index in [1.165, 1.54) is 22.2 Å². The lowest BCUT2D eigenvalue weighted by Gasteiger charge is -2.08. The summed E-state index contributed by atoms with van der Waals surface area (Å²) in [6.07, 6.45) is 0. The van der Waals surface area contributed by atoms with Gasteiger partial charge >= 0.3 is 0 Å². The van der Waals surface area contributed by atoms with Crippen molar-refractivity contribution in [3.8, 4) is 11.5 Å². The molecule has 33 heavy (non-hydrogen) atoms. The average Bonchev–Trinajstić information content (AvgIpc) is 3.18. The number of amides is 1. The summed E-state index contributed by atoms with van der Waals surface area (Å²) in [6, 6.07) is 25.3. The number of nitrogens with one attached hydrogen (secondary N) is 1. The summed E-state index contributed by atoms with van der Waals surface area (Å²) in [5, 5.41) is 12.1. The Morgan fingerprint density at radius 1 is 0.909 bits per heavy atom. The third kappa shape index (κ3) is 6.63. The Morgan fingerprint density at radius 3 is 2.33 bits per heavy atom. The van der Waals surface area contributed by atoms with Gasteiger partial charge in [-0.25, -0.2) is 0 Å². The van der Waals surface area contributed by atoms with Crippen molar-refractivity contribution in [2.24, 2.45) is 7.05 Å². The molecule has 0 aliphatic rings. The van der Waals surface area contributed by atoms with E-state index >= 15 is 0 Å².